The minimum absolute atomic E-state index is 1.03. The monoisotopic (exact) mass is 949 g/mol. The number of anilines is 3. The molecule has 2 aliphatic rings. The van der Waals surface area contributed by atoms with Gasteiger partial charge in [-0.05, 0) is 108 Å². The maximum atomic E-state index is 2.64. The van der Waals surface area contributed by atoms with Gasteiger partial charge in [-0.25, -0.2) is 0 Å². The van der Waals surface area contributed by atoms with Crippen molar-refractivity contribution < 1.29 is 4.57 Å². The first-order valence-electron chi connectivity index (χ1n) is 26.8. The van der Waals surface area contributed by atoms with Gasteiger partial charge in [0.15, 0.2) is 6.54 Å². The minimum Gasteiger partial charge on any atom is -0.335 e. The van der Waals surface area contributed by atoms with Crippen molar-refractivity contribution in [3.05, 3.63) is 179 Å². The summed E-state index contributed by atoms with van der Waals surface area (Å²) in [6, 6.07) is 49.4. The van der Waals surface area contributed by atoms with Crippen LogP contribution >= 0.6 is 23.1 Å². The van der Waals surface area contributed by atoms with Crippen molar-refractivity contribution in [1.29, 1.82) is 0 Å². The van der Waals surface area contributed by atoms with Crippen LogP contribution in [0.15, 0.2) is 178 Å². The number of hydrogen-bond donors (Lipinski definition) is 0. The second-order valence-corrected chi connectivity index (χ2v) is 21.4. The lowest BCUT2D eigenvalue weighted by molar-refractivity contribution is -0.669. The van der Waals surface area contributed by atoms with Crippen molar-refractivity contribution in [2.75, 3.05) is 16.3 Å². The van der Waals surface area contributed by atoms with E-state index in [1.54, 1.807) is 0 Å². The molecule has 0 N–H and O–H groups in total. The van der Waals surface area contributed by atoms with Crippen LogP contribution in [-0.4, -0.2) is 6.54 Å². The van der Waals surface area contributed by atoms with Crippen LogP contribution in [0.2, 0.25) is 0 Å². The number of aromatic nitrogens is 1. The zero-order chi connectivity index (χ0) is 47.0. The van der Waals surface area contributed by atoms with Crippen LogP contribution in [0, 0.1) is 0 Å². The van der Waals surface area contributed by atoms with Crippen LogP contribution in [0.25, 0.3) is 37.8 Å². The Bertz CT molecular complexity index is 2850. The Morgan fingerprint density at radius 3 is 1.81 bits per heavy atom. The Morgan fingerprint density at radius 1 is 0.551 bits per heavy atom. The number of hydrogen-bond acceptors (Lipinski definition) is 4. The first-order chi connectivity index (χ1) is 34.2. The van der Waals surface area contributed by atoms with E-state index in [-0.39, 0.29) is 0 Å². The van der Waals surface area contributed by atoms with Gasteiger partial charge >= 0.3 is 0 Å². The maximum Gasteiger partial charge on any atom is 0.262 e. The molecule has 9 rings (SSSR count). The van der Waals surface area contributed by atoms with Gasteiger partial charge in [0.25, 0.3) is 5.01 Å². The molecule has 6 aromatic carbocycles. The van der Waals surface area contributed by atoms with Gasteiger partial charge in [-0.3, -0.25) is 0 Å². The molecular weight excluding hydrogens is 875 g/mol. The highest BCUT2D eigenvalue weighted by atomic mass is 32.2. The molecule has 0 unspecified atom stereocenters. The molecule has 0 fully saturated rings. The number of nitrogens with zero attached hydrogens (tertiary/aromatic N) is 3. The summed E-state index contributed by atoms with van der Waals surface area (Å²) in [6.45, 7) is 6.70. The second kappa shape index (κ2) is 25.0. The zero-order valence-corrected chi connectivity index (χ0v) is 43.2. The van der Waals surface area contributed by atoms with Gasteiger partial charge < -0.3 is 9.80 Å². The molecule has 0 radical (unpaired) electrons. The Hall–Kier alpha value is -5.36. The highest BCUT2D eigenvalue weighted by Crippen LogP contribution is 2.50. The third-order valence-electron chi connectivity index (χ3n) is 14.3. The second-order valence-electron chi connectivity index (χ2n) is 19.3. The summed E-state index contributed by atoms with van der Waals surface area (Å²) < 4.78 is 4.03. The smallest absolute Gasteiger partial charge is 0.262 e. The summed E-state index contributed by atoms with van der Waals surface area (Å²) in [6.07, 6.45) is 34.3. The van der Waals surface area contributed by atoms with Crippen LogP contribution in [0.3, 0.4) is 0 Å². The van der Waals surface area contributed by atoms with Crippen LogP contribution < -0.4 is 14.4 Å². The Kier molecular flexibility index (Phi) is 17.6. The molecule has 69 heavy (non-hydrogen) atoms. The molecule has 7 aromatic rings. The van der Waals surface area contributed by atoms with Crippen molar-refractivity contribution >= 4 is 78.0 Å². The number of benzene rings is 6. The average Bonchev–Trinajstić information content (AvgIpc) is 3.95. The van der Waals surface area contributed by atoms with E-state index >= 15 is 0 Å². The summed E-state index contributed by atoms with van der Waals surface area (Å²) in [4.78, 5) is 6.57. The average molecular weight is 949 g/mol. The quantitative estimate of drug-likeness (QED) is 0.0442. The minimum atomic E-state index is 1.03. The van der Waals surface area contributed by atoms with E-state index in [1.807, 2.05) is 23.1 Å². The Labute approximate surface area is 422 Å². The van der Waals surface area contributed by atoms with Crippen molar-refractivity contribution in [1.82, 2.24) is 0 Å². The molecule has 0 bridgehead atoms. The molecule has 0 amide bonds. The van der Waals surface area contributed by atoms with E-state index in [0.717, 1.165) is 32.4 Å². The molecule has 0 saturated carbocycles. The number of thioether (sulfide) groups is 1. The molecule has 1 aliphatic carbocycles. The number of para-hydroxylation sites is 2. The molecule has 0 atom stereocenters. The van der Waals surface area contributed by atoms with Gasteiger partial charge in [-0.1, -0.05) is 217 Å². The molecule has 1 aromatic heterocycles. The van der Waals surface area contributed by atoms with Gasteiger partial charge in [0.1, 0.15) is 4.70 Å². The molecule has 5 heteroatoms. The normalized spacial score (nSPS) is 15.2. The number of rotatable bonds is 24. The number of unbranched alkanes of at least 4 members (excludes halogenated alkanes) is 14. The van der Waals surface area contributed by atoms with E-state index < -0.39 is 0 Å². The van der Waals surface area contributed by atoms with Crippen LogP contribution in [0.5, 0.6) is 0 Å². The number of thiazole rings is 1. The fraction of sp³-hybridized carbons (Fsp3) is 0.359. The third kappa shape index (κ3) is 12.0. The van der Waals surface area contributed by atoms with E-state index in [2.05, 4.69) is 186 Å². The first kappa shape index (κ1) is 48.7. The lowest BCUT2D eigenvalue weighted by Crippen LogP contribution is -2.35. The largest absolute Gasteiger partial charge is 0.335 e. The summed E-state index contributed by atoms with van der Waals surface area (Å²) in [5, 5.41) is 8.02. The van der Waals surface area contributed by atoms with Crippen molar-refractivity contribution in [3.63, 3.8) is 0 Å². The van der Waals surface area contributed by atoms with Gasteiger partial charge in [0.2, 0.25) is 5.52 Å². The molecule has 3 nitrogen and oxygen atoms in total. The highest BCUT2D eigenvalue weighted by molar-refractivity contribution is 8.04. The maximum absolute atomic E-state index is 2.64. The summed E-state index contributed by atoms with van der Waals surface area (Å²) in [5.74, 6) is 0. The summed E-state index contributed by atoms with van der Waals surface area (Å²) in [5.41, 5.74) is 9.20. The fourth-order valence-corrected chi connectivity index (χ4v) is 13.1. The standard InChI is InChI=1S/C64H74N3S2/c1-3-5-7-9-11-13-15-27-48-65-58-44-40-50-30-23-25-38-56(50)63(58)68-60(65)46-42-52-32-29-33-53(62(52)67(54-34-19-17-20-35-54)55-36-21-18-22-37-55)43-47-61-66(49-28-16-14-12-10-8-6-4-2)59-45-41-51-31-24-26-39-57(51)64(59)69-61/h17-26,30-31,34-47H,3-16,27-29,32-33,48-49H2,1-2H3/q+1. The van der Waals surface area contributed by atoms with Gasteiger partial charge in [-0.15, -0.1) is 0 Å². The number of fused-ring (bicyclic) bond motifs is 6. The predicted molar refractivity (Wildman–Crippen MR) is 303 cm³/mol. The van der Waals surface area contributed by atoms with Crippen molar-refractivity contribution in [2.45, 2.75) is 147 Å². The van der Waals surface area contributed by atoms with E-state index in [4.69, 9.17) is 0 Å². The molecular formula is C64H74N3S2+. The predicted octanol–water partition coefficient (Wildman–Crippen LogP) is 19.4. The zero-order valence-electron chi connectivity index (χ0n) is 41.5. The number of allylic oxidation sites excluding steroid dienone is 5. The van der Waals surface area contributed by atoms with E-state index in [1.165, 1.54) is 183 Å². The first-order valence-corrected chi connectivity index (χ1v) is 28.4. The van der Waals surface area contributed by atoms with Gasteiger partial charge in [0, 0.05) is 46.8 Å². The summed E-state index contributed by atoms with van der Waals surface area (Å²) in [7, 11) is 0. The molecule has 0 saturated heterocycles. The lowest BCUT2D eigenvalue weighted by atomic mass is 9.89. The topological polar surface area (TPSA) is 10.4 Å². The van der Waals surface area contributed by atoms with Crippen molar-refractivity contribution in [2.24, 2.45) is 0 Å². The van der Waals surface area contributed by atoms with Crippen LogP contribution in [0.1, 0.15) is 141 Å². The molecule has 0 spiro atoms. The SMILES string of the molecule is CCCCCCCCCCN1/C(=C/C=C2\CCCC(/C=C/c3sc4c5ccccc5ccc4[n+]3CCCCCCCCCC)=C2N(c2ccccc2)c2ccccc2)Sc2c1ccc1ccccc21. The Morgan fingerprint density at radius 2 is 1.13 bits per heavy atom. The van der Waals surface area contributed by atoms with Crippen molar-refractivity contribution in [3.8, 4) is 0 Å². The van der Waals surface area contributed by atoms with Crippen LogP contribution in [-0.2, 0) is 6.54 Å². The van der Waals surface area contributed by atoms with Gasteiger partial charge in [0.05, 0.1) is 16.4 Å². The Balaban J connectivity index is 1.10. The third-order valence-corrected chi connectivity index (χ3v) is 16.7. The highest BCUT2D eigenvalue weighted by Gasteiger charge is 2.29. The van der Waals surface area contributed by atoms with E-state index in [9.17, 15) is 0 Å². The number of aryl methyl sites for hydroxylation is 1. The summed E-state index contributed by atoms with van der Waals surface area (Å²) >= 11 is 3.93. The molecule has 356 valence electrons. The fourth-order valence-electron chi connectivity index (χ4n) is 10.6. The molecule has 1 aliphatic heterocycles. The van der Waals surface area contributed by atoms with Gasteiger partial charge in [-0.2, -0.15) is 4.57 Å². The van der Waals surface area contributed by atoms with E-state index in [0.29, 0.717) is 0 Å². The lowest BCUT2D eigenvalue weighted by Gasteiger charge is -2.34. The van der Waals surface area contributed by atoms with Crippen LogP contribution in [0.4, 0.5) is 17.1 Å². The molecule has 2 heterocycles.